The van der Waals surface area contributed by atoms with Crippen molar-refractivity contribution >= 4 is 17.2 Å². The second-order valence-electron chi connectivity index (χ2n) is 9.13. The molecule has 3 aromatic heterocycles. The summed E-state index contributed by atoms with van der Waals surface area (Å²) < 4.78 is 3.24. The van der Waals surface area contributed by atoms with Crippen molar-refractivity contribution in [3.05, 3.63) is 57.8 Å². The van der Waals surface area contributed by atoms with E-state index in [0.717, 1.165) is 48.5 Å². The number of carbonyl (C=O) groups excluding carboxylic acids is 1. The van der Waals surface area contributed by atoms with E-state index in [0.29, 0.717) is 11.0 Å². The van der Waals surface area contributed by atoms with Crippen LogP contribution in [-0.2, 0) is 17.8 Å². The van der Waals surface area contributed by atoms with Crippen molar-refractivity contribution in [1.82, 2.24) is 19.2 Å². The lowest BCUT2D eigenvalue weighted by atomic mass is 9.82. The van der Waals surface area contributed by atoms with Gasteiger partial charge in [-0.05, 0) is 49.8 Å². The second-order valence-corrected chi connectivity index (χ2v) is 9.13. The number of hydrogen-bond donors (Lipinski definition) is 0. The summed E-state index contributed by atoms with van der Waals surface area (Å²) in [4.78, 5) is 32.0. The van der Waals surface area contributed by atoms with Crippen LogP contribution in [-0.4, -0.2) is 38.0 Å². The lowest BCUT2D eigenvalue weighted by Crippen LogP contribution is -2.40. The highest BCUT2D eigenvalue weighted by molar-refractivity contribution is 5.80. The number of Topliss-reactive ketones (excluding diaryl/α,β-unsaturated/α-hetero) is 1. The van der Waals surface area contributed by atoms with Crippen LogP contribution in [0.25, 0.3) is 5.65 Å². The molecule has 7 heteroatoms. The third-order valence-electron chi connectivity index (χ3n) is 6.27. The van der Waals surface area contributed by atoms with Gasteiger partial charge in [0.25, 0.3) is 5.56 Å². The minimum Gasteiger partial charge on any atom is -0.355 e. The largest absolute Gasteiger partial charge is 0.355 e. The van der Waals surface area contributed by atoms with Crippen LogP contribution in [0.5, 0.6) is 0 Å². The molecular formula is C23H29N5O2. The molecule has 30 heavy (non-hydrogen) atoms. The van der Waals surface area contributed by atoms with Crippen molar-refractivity contribution in [2.75, 3.05) is 18.0 Å². The maximum atomic E-state index is 12.8. The molecule has 4 rings (SSSR count). The van der Waals surface area contributed by atoms with Gasteiger partial charge in [0.15, 0.2) is 11.6 Å². The Morgan fingerprint density at radius 3 is 2.60 bits per heavy atom. The molecule has 0 unspecified atom stereocenters. The van der Waals surface area contributed by atoms with Crippen LogP contribution >= 0.6 is 0 Å². The molecule has 0 amide bonds. The molecule has 0 saturated carbocycles. The highest BCUT2D eigenvalue weighted by Gasteiger charge is 2.28. The summed E-state index contributed by atoms with van der Waals surface area (Å²) in [6.07, 6.45) is 7.90. The third kappa shape index (κ3) is 4.01. The lowest BCUT2D eigenvalue weighted by molar-refractivity contribution is -0.119. The number of hydrogen-bond acceptors (Lipinski definition) is 5. The normalized spacial score (nSPS) is 16.2. The number of rotatable bonds is 5. The Kier molecular flexibility index (Phi) is 5.22. The maximum absolute atomic E-state index is 12.8. The number of fused-ring (bicyclic) bond motifs is 1. The Morgan fingerprint density at radius 2 is 1.87 bits per heavy atom. The highest BCUT2D eigenvalue weighted by Crippen LogP contribution is 2.32. The third-order valence-corrected chi connectivity index (χ3v) is 6.27. The topological polar surface area (TPSA) is 72.5 Å². The molecule has 1 aliphatic rings. The average Bonchev–Trinajstić information content (AvgIpc) is 3.16. The standard InChI is InChI=1S/C23H29N5O2/c1-16-17(2)22(30)28(25-21(16)27-10-6-23(3,4)7-11-27)15-19(29)13-18-5-9-26-12-8-24-20(26)14-18/h5,8-9,12,14H,6-7,10-11,13,15H2,1-4H3. The van der Waals surface area contributed by atoms with E-state index >= 15 is 0 Å². The van der Waals surface area contributed by atoms with Gasteiger partial charge in [0.05, 0.1) is 0 Å². The van der Waals surface area contributed by atoms with E-state index in [1.807, 2.05) is 42.8 Å². The van der Waals surface area contributed by atoms with Crippen LogP contribution in [0.15, 0.2) is 35.5 Å². The zero-order chi connectivity index (χ0) is 21.5. The number of pyridine rings is 1. The van der Waals surface area contributed by atoms with Crippen LogP contribution in [0.1, 0.15) is 43.4 Å². The first-order valence-corrected chi connectivity index (χ1v) is 10.5. The van der Waals surface area contributed by atoms with E-state index in [-0.39, 0.29) is 24.3 Å². The Labute approximate surface area is 176 Å². The summed E-state index contributed by atoms with van der Waals surface area (Å²) in [7, 11) is 0. The van der Waals surface area contributed by atoms with Gasteiger partial charge in [-0.25, -0.2) is 9.67 Å². The van der Waals surface area contributed by atoms with Crippen LogP contribution in [0.3, 0.4) is 0 Å². The molecule has 3 aromatic rings. The summed E-state index contributed by atoms with van der Waals surface area (Å²) in [6, 6.07) is 3.81. The number of piperidine rings is 1. The van der Waals surface area contributed by atoms with Gasteiger partial charge in [-0.2, -0.15) is 5.10 Å². The van der Waals surface area contributed by atoms with Crippen molar-refractivity contribution in [3.8, 4) is 0 Å². The number of ketones is 1. The zero-order valence-electron chi connectivity index (χ0n) is 18.2. The quantitative estimate of drug-likeness (QED) is 0.650. The second kappa shape index (κ2) is 7.70. The predicted octanol–water partition coefficient (Wildman–Crippen LogP) is 2.95. The molecule has 0 bridgehead atoms. The fourth-order valence-corrected chi connectivity index (χ4v) is 4.00. The van der Waals surface area contributed by atoms with Gasteiger partial charge in [-0.1, -0.05) is 13.8 Å². The molecule has 7 nitrogen and oxygen atoms in total. The van der Waals surface area contributed by atoms with E-state index in [9.17, 15) is 9.59 Å². The van der Waals surface area contributed by atoms with Gasteiger partial charge in [-0.15, -0.1) is 0 Å². The van der Waals surface area contributed by atoms with Crippen LogP contribution in [0, 0.1) is 19.3 Å². The van der Waals surface area contributed by atoms with E-state index in [4.69, 9.17) is 0 Å². The molecule has 0 spiro atoms. The summed E-state index contributed by atoms with van der Waals surface area (Å²) in [5.41, 5.74) is 3.40. The first-order valence-electron chi connectivity index (χ1n) is 10.5. The first kappa shape index (κ1) is 20.3. The van der Waals surface area contributed by atoms with Crippen molar-refractivity contribution in [3.63, 3.8) is 0 Å². The van der Waals surface area contributed by atoms with Crippen LogP contribution in [0.4, 0.5) is 5.82 Å². The summed E-state index contributed by atoms with van der Waals surface area (Å²) in [6.45, 7) is 10.2. The summed E-state index contributed by atoms with van der Waals surface area (Å²) >= 11 is 0. The number of aromatic nitrogens is 4. The lowest BCUT2D eigenvalue weighted by Gasteiger charge is -2.38. The maximum Gasteiger partial charge on any atom is 0.270 e. The minimum atomic E-state index is -0.189. The Bertz CT molecular complexity index is 1150. The fourth-order valence-electron chi connectivity index (χ4n) is 4.00. The molecule has 1 fully saturated rings. The SMILES string of the molecule is Cc1c(N2CCC(C)(C)CC2)nn(CC(=O)Cc2ccn3ccnc3c2)c(=O)c1C. The van der Waals surface area contributed by atoms with E-state index < -0.39 is 0 Å². The molecule has 1 saturated heterocycles. The van der Waals surface area contributed by atoms with Crippen LogP contribution < -0.4 is 10.5 Å². The minimum absolute atomic E-state index is 0.0219. The van der Waals surface area contributed by atoms with Crippen LogP contribution in [0.2, 0.25) is 0 Å². The van der Waals surface area contributed by atoms with Gasteiger partial charge in [-0.3, -0.25) is 9.59 Å². The van der Waals surface area contributed by atoms with Gasteiger partial charge in [0.2, 0.25) is 0 Å². The van der Waals surface area contributed by atoms with Crippen molar-refractivity contribution in [1.29, 1.82) is 0 Å². The van der Waals surface area contributed by atoms with Crippen molar-refractivity contribution in [2.24, 2.45) is 5.41 Å². The van der Waals surface area contributed by atoms with Crippen molar-refractivity contribution in [2.45, 2.75) is 53.5 Å². The zero-order valence-corrected chi connectivity index (χ0v) is 18.2. The molecule has 0 atom stereocenters. The molecule has 0 radical (unpaired) electrons. The van der Waals surface area contributed by atoms with Crippen molar-refractivity contribution < 1.29 is 4.79 Å². The molecule has 0 aromatic carbocycles. The van der Waals surface area contributed by atoms with Gasteiger partial charge < -0.3 is 9.30 Å². The Morgan fingerprint density at radius 1 is 1.13 bits per heavy atom. The van der Waals surface area contributed by atoms with Gasteiger partial charge in [0, 0.05) is 49.2 Å². The molecule has 0 aliphatic carbocycles. The molecule has 1 aliphatic heterocycles. The molecule has 4 heterocycles. The van der Waals surface area contributed by atoms with Gasteiger partial charge >= 0.3 is 0 Å². The first-order chi connectivity index (χ1) is 14.2. The van der Waals surface area contributed by atoms with E-state index in [2.05, 4.69) is 28.8 Å². The fraction of sp³-hybridized carbons (Fsp3) is 0.478. The number of carbonyl (C=O) groups is 1. The number of anilines is 1. The van der Waals surface area contributed by atoms with Gasteiger partial charge in [0.1, 0.15) is 12.2 Å². The van der Waals surface area contributed by atoms with E-state index in [1.165, 1.54) is 4.68 Å². The Hall–Kier alpha value is -2.96. The Balaban J connectivity index is 1.55. The summed E-state index contributed by atoms with van der Waals surface area (Å²) in [5, 5.41) is 4.62. The highest BCUT2D eigenvalue weighted by atomic mass is 16.1. The van der Waals surface area contributed by atoms with E-state index in [1.54, 1.807) is 6.20 Å². The number of nitrogens with zero attached hydrogens (tertiary/aromatic N) is 5. The smallest absolute Gasteiger partial charge is 0.270 e. The average molecular weight is 408 g/mol. The predicted molar refractivity (Wildman–Crippen MR) is 117 cm³/mol. The molecule has 158 valence electrons. The monoisotopic (exact) mass is 407 g/mol. The molecule has 0 N–H and O–H groups in total. The molecular weight excluding hydrogens is 378 g/mol. The number of imidazole rings is 1. The summed E-state index contributed by atoms with van der Waals surface area (Å²) in [5.74, 6) is 0.781.